The standard InChI is InChI=1S/C9H13F2NO2.ClH/c10-9(11)3-6-12(7-4-9)5-1-2-8(13)14;/h1-2H,3-7H2,(H,13,14);1H/b2-1+;. The average Bonchev–Trinajstić information content (AvgIpc) is 2.07. The summed E-state index contributed by atoms with van der Waals surface area (Å²) in [5.74, 6) is -3.54. The lowest BCUT2D eigenvalue weighted by molar-refractivity contribution is -0.131. The topological polar surface area (TPSA) is 40.5 Å². The van der Waals surface area contributed by atoms with Crippen molar-refractivity contribution in [1.29, 1.82) is 0 Å². The molecule has 1 fully saturated rings. The summed E-state index contributed by atoms with van der Waals surface area (Å²) in [4.78, 5) is 11.9. The zero-order valence-electron chi connectivity index (χ0n) is 8.16. The first-order valence-corrected chi connectivity index (χ1v) is 4.49. The fourth-order valence-electron chi connectivity index (χ4n) is 1.37. The summed E-state index contributed by atoms with van der Waals surface area (Å²) in [6, 6.07) is 0. The molecular weight excluding hydrogens is 228 g/mol. The van der Waals surface area contributed by atoms with Gasteiger partial charge < -0.3 is 5.11 Å². The van der Waals surface area contributed by atoms with Crippen LogP contribution in [-0.4, -0.2) is 41.5 Å². The van der Waals surface area contributed by atoms with Crippen molar-refractivity contribution < 1.29 is 18.7 Å². The van der Waals surface area contributed by atoms with Crippen LogP contribution < -0.4 is 0 Å². The Morgan fingerprint density at radius 1 is 1.40 bits per heavy atom. The molecular formula is C9H14ClF2NO2. The van der Waals surface area contributed by atoms with E-state index in [1.807, 2.05) is 4.90 Å². The van der Waals surface area contributed by atoms with Gasteiger partial charge in [-0.15, -0.1) is 12.4 Å². The maximum absolute atomic E-state index is 12.7. The van der Waals surface area contributed by atoms with Gasteiger partial charge in [-0.3, -0.25) is 4.90 Å². The molecule has 1 heterocycles. The number of hydrogen-bond acceptors (Lipinski definition) is 2. The fourth-order valence-corrected chi connectivity index (χ4v) is 1.37. The van der Waals surface area contributed by atoms with Crippen LogP contribution in [0.2, 0.25) is 0 Å². The first-order chi connectivity index (χ1) is 6.49. The van der Waals surface area contributed by atoms with Gasteiger partial charge in [0, 0.05) is 38.6 Å². The number of aliphatic carboxylic acids is 1. The van der Waals surface area contributed by atoms with Crippen LogP contribution in [0.4, 0.5) is 8.78 Å². The SMILES string of the molecule is Cl.O=C(O)/C=C/CN1CCC(F)(F)CC1. The van der Waals surface area contributed by atoms with Crippen LogP contribution in [0.25, 0.3) is 0 Å². The van der Waals surface area contributed by atoms with Crippen molar-refractivity contribution in [3.05, 3.63) is 12.2 Å². The molecule has 1 aliphatic heterocycles. The van der Waals surface area contributed by atoms with Crippen molar-refractivity contribution in [2.24, 2.45) is 0 Å². The molecule has 0 saturated carbocycles. The van der Waals surface area contributed by atoms with Crippen molar-refractivity contribution in [1.82, 2.24) is 4.90 Å². The van der Waals surface area contributed by atoms with Crippen molar-refractivity contribution in [3.63, 3.8) is 0 Å². The molecule has 1 N–H and O–H groups in total. The van der Waals surface area contributed by atoms with E-state index in [0.717, 1.165) is 6.08 Å². The van der Waals surface area contributed by atoms with Gasteiger partial charge in [0.25, 0.3) is 5.92 Å². The van der Waals surface area contributed by atoms with Crippen molar-refractivity contribution >= 4 is 18.4 Å². The molecule has 0 unspecified atom stereocenters. The second-order valence-electron chi connectivity index (χ2n) is 3.40. The molecule has 0 aromatic heterocycles. The van der Waals surface area contributed by atoms with Gasteiger partial charge in [-0.05, 0) is 0 Å². The summed E-state index contributed by atoms with van der Waals surface area (Å²) in [6.07, 6.45) is 2.25. The number of hydrogen-bond donors (Lipinski definition) is 1. The number of carboxylic acid groups (broad SMARTS) is 1. The smallest absolute Gasteiger partial charge is 0.328 e. The minimum absolute atomic E-state index is 0. The van der Waals surface area contributed by atoms with Gasteiger partial charge in [-0.2, -0.15) is 0 Å². The molecule has 6 heteroatoms. The van der Waals surface area contributed by atoms with E-state index < -0.39 is 11.9 Å². The number of rotatable bonds is 3. The Morgan fingerprint density at radius 3 is 2.40 bits per heavy atom. The van der Waals surface area contributed by atoms with Gasteiger partial charge in [0.1, 0.15) is 0 Å². The number of piperidine rings is 1. The van der Waals surface area contributed by atoms with Crippen LogP contribution in [0.1, 0.15) is 12.8 Å². The Labute approximate surface area is 93.2 Å². The third-order valence-corrected chi connectivity index (χ3v) is 2.21. The largest absolute Gasteiger partial charge is 0.478 e. The van der Waals surface area contributed by atoms with Crippen LogP contribution in [0, 0.1) is 0 Å². The Morgan fingerprint density at radius 2 is 1.93 bits per heavy atom. The van der Waals surface area contributed by atoms with E-state index in [2.05, 4.69) is 0 Å². The lowest BCUT2D eigenvalue weighted by Crippen LogP contribution is -2.39. The van der Waals surface area contributed by atoms with E-state index in [1.54, 1.807) is 0 Å². The highest BCUT2D eigenvalue weighted by Gasteiger charge is 2.33. The Balaban J connectivity index is 0.00000196. The molecule has 3 nitrogen and oxygen atoms in total. The van der Waals surface area contributed by atoms with Crippen molar-refractivity contribution in [2.45, 2.75) is 18.8 Å². The lowest BCUT2D eigenvalue weighted by atomic mass is 10.1. The molecule has 0 amide bonds. The number of nitrogens with zero attached hydrogens (tertiary/aromatic N) is 1. The number of alkyl halides is 2. The second-order valence-corrected chi connectivity index (χ2v) is 3.40. The van der Waals surface area contributed by atoms with E-state index in [4.69, 9.17) is 5.11 Å². The summed E-state index contributed by atoms with van der Waals surface area (Å²) in [5.41, 5.74) is 0. The molecule has 88 valence electrons. The zero-order valence-corrected chi connectivity index (χ0v) is 8.97. The summed E-state index contributed by atoms with van der Waals surface area (Å²) in [5, 5.41) is 8.30. The minimum Gasteiger partial charge on any atom is -0.478 e. The lowest BCUT2D eigenvalue weighted by Gasteiger charge is -2.30. The van der Waals surface area contributed by atoms with Gasteiger partial charge in [-0.25, -0.2) is 13.6 Å². The van der Waals surface area contributed by atoms with E-state index in [9.17, 15) is 13.6 Å². The maximum Gasteiger partial charge on any atom is 0.328 e. The third kappa shape index (κ3) is 5.69. The number of carbonyl (C=O) groups is 1. The van der Waals surface area contributed by atoms with E-state index >= 15 is 0 Å². The fraction of sp³-hybridized carbons (Fsp3) is 0.667. The molecule has 15 heavy (non-hydrogen) atoms. The first kappa shape index (κ1) is 14.3. The van der Waals surface area contributed by atoms with Crippen molar-refractivity contribution in [3.8, 4) is 0 Å². The molecule has 1 saturated heterocycles. The molecule has 0 aromatic carbocycles. The number of likely N-dealkylation sites (tertiary alicyclic amines) is 1. The summed E-state index contributed by atoms with van der Waals surface area (Å²) >= 11 is 0. The number of halogens is 3. The van der Waals surface area contributed by atoms with E-state index in [0.29, 0.717) is 19.6 Å². The highest BCUT2D eigenvalue weighted by atomic mass is 35.5. The van der Waals surface area contributed by atoms with Crippen LogP contribution in [0.3, 0.4) is 0 Å². The molecule has 0 aliphatic carbocycles. The second kappa shape index (κ2) is 6.02. The molecule has 0 atom stereocenters. The van der Waals surface area contributed by atoms with Gasteiger partial charge in [0.05, 0.1) is 0 Å². The van der Waals surface area contributed by atoms with E-state index in [-0.39, 0.29) is 25.2 Å². The van der Waals surface area contributed by atoms with Gasteiger partial charge >= 0.3 is 5.97 Å². The molecule has 1 rings (SSSR count). The Bertz CT molecular complexity index is 236. The molecule has 0 bridgehead atoms. The Kier molecular flexibility index (Phi) is 5.75. The average molecular weight is 242 g/mol. The zero-order chi connectivity index (χ0) is 10.6. The molecule has 0 aromatic rings. The summed E-state index contributed by atoms with van der Waals surface area (Å²) in [7, 11) is 0. The normalized spacial score (nSPS) is 21.2. The Hall–Kier alpha value is -0.680. The monoisotopic (exact) mass is 241 g/mol. The molecule has 0 spiro atoms. The first-order valence-electron chi connectivity index (χ1n) is 4.49. The number of carboxylic acids is 1. The predicted molar refractivity (Wildman–Crippen MR) is 54.6 cm³/mol. The van der Waals surface area contributed by atoms with E-state index in [1.165, 1.54) is 6.08 Å². The molecule has 0 radical (unpaired) electrons. The van der Waals surface area contributed by atoms with Crippen LogP contribution in [0.5, 0.6) is 0 Å². The van der Waals surface area contributed by atoms with Gasteiger partial charge in [0.2, 0.25) is 0 Å². The van der Waals surface area contributed by atoms with Crippen molar-refractivity contribution in [2.75, 3.05) is 19.6 Å². The minimum atomic E-state index is -2.53. The quantitative estimate of drug-likeness (QED) is 0.766. The summed E-state index contributed by atoms with van der Waals surface area (Å²) in [6.45, 7) is 1.09. The van der Waals surface area contributed by atoms with Crippen LogP contribution >= 0.6 is 12.4 Å². The maximum atomic E-state index is 12.7. The van der Waals surface area contributed by atoms with Crippen LogP contribution in [0.15, 0.2) is 12.2 Å². The molecule has 1 aliphatic rings. The third-order valence-electron chi connectivity index (χ3n) is 2.21. The van der Waals surface area contributed by atoms with Gasteiger partial charge in [0.15, 0.2) is 0 Å². The highest BCUT2D eigenvalue weighted by molar-refractivity contribution is 5.85. The summed E-state index contributed by atoms with van der Waals surface area (Å²) < 4.78 is 25.4. The van der Waals surface area contributed by atoms with Crippen LogP contribution in [-0.2, 0) is 4.79 Å². The highest BCUT2D eigenvalue weighted by Crippen LogP contribution is 2.27. The van der Waals surface area contributed by atoms with Gasteiger partial charge in [-0.1, -0.05) is 6.08 Å². The predicted octanol–water partition coefficient (Wildman–Crippen LogP) is 1.78.